The molecule has 0 radical (unpaired) electrons. The lowest BCUT2D eigenvalue weighted by atomic mass is 10.2. The smallest absolute Gasteiger partial charge is 0.273 e. The van der Waals surface area contributed by atoms with Crippen molar-refractivity contribution in [3.05, 3.63) is 58.3 Å². The van der Waals surface area contributed by atoms with Gasteiger partial charge in [0, 0.05) is 24.4 Å². The number of aromatic nitrogens is 1. The maximum absolute atomic E-state index is 10.7. The lowest BCUT2D eigenvalue weighted by Gasteiger charge is -2.10. The van der Waals surface area contributed by atoms with Crippen molar-refractivity contribution < 1.29 is 9.66 Å². The summed E-state index contributed by atoms with van der Waals surface area (Å²) in [4.78, 5) is 14.5. The Balaban J connectivity index is 2.09. The van der Waals surface area contributed by atoms with Crippen LogP contribution in [0.2, 0.25) is 0 Å². The van der Waals surface area contributed by atoms with Gasteiger partial charge < -0.3 is 10.1 Å². The van der Waals surface area contributed by atoms with Gasteiger partial charge in [0.1, 0.15) is 18.2 Å². The third-order valence-corrected chi connectivity index (χ3v) is 2.66. The highest BCUT2D eigenvalue weighted by atomic mass is 16.6. The Morgan fingerprint density at radius 3 is 2.95 bits per heavy atom. The van der Waals surface area contributed by atoms with Crippen molar-refractivity contribution in [1.82, 2.24) is 4.98 Å². The summed E-state index contributed by atoms with van der Waals surface area (Å²) in [7, 11) is 0. The molecule has 2 rings (SSSR count). The monoisotopic (exact) mass is 273 g/mol. The zero-order chi connectivity index (χ0) is 14.4. The summed E-state index contributed by atoms with van der Waals surface area (Å²) < 4.78 is 5.59. The molecule has 1 heterocycles. The molecule has 1 aromatic carbocycles. The van der Waals surface area contributed by atoms with E-state index in [1.54, 1.807) is 18.3 Å². The van der Waals surface area contributed by atoms with Gasteiger partial charge in [0.05, 0.1) is 11.0 Å². The molecular weight excluding hydrogens is 258 g/mol. The highest BCUT2D eigenvalue weighted by molar-refractivity contribution is 5.44. The zero-order valence-electron chi connectivity index (χ0n) is 11.1. The molecule has 0 unspecified atom stereocenters. The Morgan fingerprint density at radius 2 is 2.20 bits per heavy atom. The van der Waals surface area contributed by atoms with Gasteiger partial charge in [0.25, 0.3) is 5.69 Å². The van der Waals surface area contributed by atoms with Gasteiger partial charge in [-0.15, -0.1) is 0 Å². The highest BCUT2D eigenvalue weighted by Gasteiger charge is 2.07. The van der Waals surface area contributed by atoms with Crippen molar-refractivity contribution in [3.8, 4) is 5.75 Å². The number of hydrogen-bond donors (Lipinski definition) is 1. The number of benzene rings is 1. The first-order valence-corrected chi connectivity index (χ1v) is 6.25. The van der Waals surface area contributed by atoms with E-state index >= 15 is 0 Å². The van der Waals surface area contributed by atoms with Crippen molar-refractivity contribution >= 4 is 11.5 Å². The van der Waals surface area contributed by atoms with Crippen LogP contribution in [0.5, 0.6) is 5.75 Å². The summed E-state index contributed by atoms with van der Waals surface area (Å²) in [6.45, 7) is 3.05. The summed E-state index contributed by atoms with van der Waals surface area (Å²) in [6.07, 6.45) is 1.70. The number of non-ortho nitro benzene ring substituents is 1. The Labute approximate surface area is 116 Å². The molecule has 0 saturated heterocycles. The topological polar surface area (TPSA) is 77.3 Å². The highest BCUT2D eigenvalue weighted by Crippen LogP contribution is 2.21. The predicted octanol–water partition coefficient (Wildman–Crippen LogP) is 3.00. The Morgan fingerprint density at radius 1 is 1.35 bits per heavy atom. The van der Waals surface area contributed by atoms with Crippen LogP contribution >= 0.6 is 0 Å². The number of rotatable bonds is 6. The number of nitro groups is 1. The molecule has 0 fully saturated rings. The number of nitrogens with one attached hydrogen (secondary N) is 1. The van der Waals surface area contributed by atoms with Crippen LogP contribution in [-0.2, 0) is 6.61 Å². The zero-order valence-corrected chi connectivity index (χ0v) is 11.1. The van der Waals surface area contributed by atoms with Crippen LogP contribution in [0.15, 0.2) is 42.6 Å². The first-order chi connectivity index (χ1) is 9.70. The molecule has 2 aromatic rings. The van der Waals surface area contributed by atoms with Crippen LogP contribution in [0.4, 0.5) is 11.5 Å². The van der Waals surface area contributed by atoms with Crippen molar-refractivity contribution in [1.29, 1.82) is 0 Å². The summed E-state index contributed by atoms with van der Waals surface area (Å²) in [5.41, 5.74) is 0.918. The molecule has 1 N–H and O–H groups in total. The normalized spacial score (nSPS) is 10.1. The molecule has 6 heteroatoms. The summed E-state index contributed by atoms with van der Waals surface area (Å²) in [5, 5.41) is 13.8. The largest absolute Gasteiger partial charge is 0.489 e. The summed E-state index contributed by atoms with van der Waals surface area (Å²) in [5.74, 6) is 1.23. The number of anilines is 1. The van der Waals surface area contributed by atoms with Gasteiger partial charge in [-0.1, -0.05) is 12.1 Å². The fraction of sp³-hybridized carbons (Fsp3) is 0.214. The molecule has 0 atom stereocenters. The number of pyridine rings is 1. The van der Waals surface area contributed by atoms with Crippen LogP contribution in [0.25, 0.3) is 0 Å². The lowest BCUT2D eigenvalue weighted by Crippen LogP contribution is -2.05. The van der Waals surface area contributed by atoms with E-state index in [-0.39, 0.29) is 5.69 Å². The predicted molar refractivity (Wildman–Crippen MR) is 75.8 cm³/mol. The van der Waals surface area contributed by atoms with Gasteiger partial charge in [-0.2, -0.15) is 0 Å². The van der Waals surface area contributed by atoms with Crippen LogP contribution in [-0.4, -0.2) is 16.5 Å². The van der Waals surface area contributed by atoms with Crippen molar-refractivity contribution in [2.24, 2.45) is 0 Å². The standard InChI is InChI=1S/C14H15N3O3/c1-2-15-14-11(5-4-8-16-14)10-20-13-7-3-6-12(9-13)17(18)19/h3-9H,2,10H2,1H3,(H,15,16). The number of hydrogen-bond acceptors (Lipinski definition) is 5. The Kier molecular flexibility index (Phi) is 4.49. The van der Waals surface area contributed by atoms with Gasteiger partial charge in [0.15, 0.2) is 0 Å². The average molecular weight is 273 g/mol. The Hall–Kier alpha value is -2.63. The number of nitro benzene ring substituents is 1. The molecule has 6 nitrogen and oxygen atoms in total. The maximum Gasteiger partial charge on any atom is 0.273 e. The van der Waals surface area contributed by atoms with Crippen molar-refractivity contribution in [2.45, 2.75) is 13.5 Å². The minimum atomic E-state index is -0.443. The van der Waals surface area contributed by atoms with E-state index in [0.29, 0.717) is 12.4 Å². The third-order valence-electron chi connectivity index (χ3n) is 2.66. The number of nitrogens with zero attached hydrogens (tertiary/aromatic N) is 2. The van der Waals surface area contributed by atoms with Gasteiger partial charge in [-0.25, -0.2) is 4.98 Å². The molecule has 0 saturated carbocycles. The van der Waals surface area contributed by atoms with Crippen molar-refractivity contribution in [3.63, 3.8) is 0 Å². The average Bonchev–Trinajstić information content (AvgIpc) is 2.47. The molecular formula is C14H15N3O3. The molecule has 20 heavy (non-hydrogen) atoms. The van der Waals surface area contributed by atoms with E-state index in [1.807, 2.05) is 19.1 Å². The van der Waals surface area contributed by atoms with Crippen LogP contribution in [0, 0.1) is 10.1 Å². The molecule has 1 aromatic heterocycles. The Bertz CT molecular complexity index is 602. The van der Waals surface area contributed by atoms with Gasteiger partial charge in [0.2, 0.25) is 0 Å². The van der Waals surface area contributed by atoms with E-state index in [2.05, 4.69) is 10.3 Å². The second-order valence-electron chi connectivity index (χ2n) is 4.08. The molecule has 104 valence electrons. The summed E-state index contributed by atoms with van der Waals surface area (Å²) in [6, 6.07) is 9.86. The fourth-order valence-electron chi connectivity index (χ4n) is 1.73. The molecule has 0 spiro atoms. The molecule has 0 bridgehead atoms. The fourth-order valence-corrected chi connectivity index (χ4v) is 1.73. The van der Waals surface area contributed by atoms with Gasteiger partial charge in [-0.05, 0) is 19.1 Å². The minimum Gasteiger partial charge on any atom is -0.489 e. The summed E-state index contributed by atoms with van der Waals surface area (Å²) >= 11 is 0. The van der Waals surface area contributed by atoms with E-state index in [4.69, 9.17) is 4.74 Å². The maximum atomic E-state index is 10.7. The van der Waals surface area contributed by atoms with Crippen molar-refractivity contribution in [2.75, 3.05) is 11.9 Å². The molecule has 0 aliphatic carbocycles. The SMILES string of the molecule is CCNc1ncccc1COc1cccc([N+](=O)[O-])c1. The first kappa shape index (κ1) is 13.8. The first-order valence-electron chi connectivity index (χ1n) is 6.25. The lowest BCUT2D eigenvalue weighted by molar-refractivity contribution is -0.384. The van der Waals surface area contributed by atoms with Crippen LogP contribution in [0.3, 0.4) is 0 Å². The van der Waals surface area contributed by atoms with Crippen LogP contribution in [0.1, 0.15) is 12.5 Å². The van der Waals surface area contributed by atoms with Gasteiger partial charge >= 0.3 is 0 Å². The molecule has 0 aliphatic rings. The quantitative estimate of drug-likeness (QED) is 0.646. The third kappa shape index (κ3) is 3.44. The number of ether oxygens (including phenoxy) is 1. The second-order valence-corrected chi connectivity index (χ2v) is 4.08. The molecule has 0 aliphatic heterocycles. The van der Waals surface area contributed by atoms with Crippen LogP contribution < -0.4 is 10.1 Å². The van der Waals surface area contributed by atoms with E-state index in [0.717, 1.165) is 17.9 Å². The van der Waals surface area contributed by atoms with E-state index in [9.17, 15) is 10.1 Å². The van der Waals surface area contributed by atoms with E-state index in [1.165, 1.54) is 12.1 Å². The van der Waals surface area contributed by atoms with Gasteiger partial charge in [-0.3, -0.25) is 10.1 Å². The molecule has 0 amide bonds. The van der Waals surface area contributed by atoms with E-state index < -0.39 is 4.92 Å². The second kappa shape index (κ2) is 6.51. The minimum absolute atomic E-state index is 0.0144.